The van der Waals surface area contributed by atoms with E-state index in [9.17, 15) is 22.0 Å². The molecule has 1 amide bonds. The summed E-state index contributed by atoms with van der Waals surface area (Å²) in [7, 11) is -4.16. The number of aryl methyl sites for hydroxylation is 2. The molecule has 0 N–H and O–H groups in total. The molecule has 1 saturated heterocycles. The van der Waals surface area contributed by atoms with Gasteiger partial charge in [0.2, 0.25) is 10.0 Å². The van der Waals surface area contributed by atoms with Crippen molar-refractivity contribution < 1.29 is 22.0 Å². The molecule has 2 aromatic rings. The highest BCUT2D eigenvalue weighted by Gasteiger charge is 2.32. The lowest BCUT2D eigenvalue weighted by atomic mass is 10.1. The fourth-order valence-corrected chi connectivity index (χ4v) is 5.33. The first kappa shape index (κ1) is 19.0. The second kappa shape index (κ2) is 7.25. The van der Waals surface area contributed by atoms with Crippen LogP contribution in [0.15, 0.2) is 41.3 Å². The molecule has 2 aliphatic rings. The van der Waals surface area contributed by atoms with E-state index in [1.54, 1.807) is 4.90 Å². The van der Waals surface area contributed by atoms with Crippen LogP contribution in [-0.2, 0) is 22.9 Å². The van der Waals surface area contributed by atoms with Crippen molar-refractivity contribution in [1.82, 2.24) is 9.21 Å². The Morgan fingerprint density at radius 3 is 2.36 bits per heavy atom. The van der Waals surface area contributed by atoms with E-state index in [1.807, 2.05) is 18.2 Å². The van der Waals surface area contributed by atoms with Gasteiger partial charge in [0.1, 0.15) is 16.5 Å². The second-order valence-corrected chi connectivity index (χ2v) is 9.01. The van der Waals surface area contributed by atoms with Gasteiger partial charge in [-0.05, 0) is 60.7 Å². The summed E-state index contributed by atoms with van der Waals surface area (Å²) >= 11 is 0. The molecular formula is C20H20F2N2O3S. The van der Waals surface area contributed by atoms with Crippen LogP contribution in [0.2, 0.25) is 0 Å². The van der Waals surface area contributed by atoms with Gasteiger partial charge in [-0.1, -0.05) is 6.07 Å². The van der Waals surface area contributed by atoms with Crippen molar-refractivity contribution in [2.75, 3.05) is 26.2 Å². The van der Waals surface area contributed by atoms with Gasteiger partial charge in [-0.3, -0.25) is 4.79 Å². The highest BCUT2D eigenvalue weighted by atomic mass is 32.2. The van der Waals surface area contributed by atoms with Crippen LogP contribution in [0.3, 0.4) is 0 Å². The molecule has 0 aromatic heterocycles. The second-order valence-electron chi connectivity index (χ2n) is 7.11. The van der Waals surface area contributed by atoms with Gasteiger partial charge in [-0.2, -0.15) is 4.31 Å². The summed E-state index contributed by atoms with van der Waals surface area (Å²) < 4.78 is 53.7. The normalized spacial score (nSPS) is 17.6. The van der Waals surface area contributed by atoms with E-state index in [2.05, 4.69) is 0 Å². The maximum Gasteiger partial charge on any atom is 0.253 e. The van der Waals surface area contributed by atoms with Crippen molar-refractivity contribution in [3.8, 4) is 0 Å². The average Bonchev–Trinajstić information content (AvgIpc) is 3.17. The summed E-state index contributed by atoms with van der Waals surface area (Å²) in [6, 6.07) is 8.10. The smallest absolute Gasteiger partial charge is 0.253 e. The molecule has 8 heteroatoms. The largest absolute Gasteiger partial charge is 0.336 e. The molecule has 1 aliphatic heterocycles. The lowest BCUT2D eigenvalue weighted by Crippen LogP contribution is -2.50. The zero-order valence-corrected chi connectivity index (χ0v) is 16.0. The lowest BCUT2D eigenvalue weighted by Gasteiger charge is -2.34. The summed E-state index contributed by atoms with van der Waals surface area (Å²) in [5.74, 6) is -1.94. The molecule has 1 fully saturated rings. The van der Waals surface area contributed by atoms with Gasteiger partial charge >= 0.3 is 0 Å². The van der Waals surface area contributed by atoms with E-state index in [1.165, 1.54) is 11.1 Å². The first-order valence-electron chi connectivity index (χ1n) is 9.22. The number of nitrogens with zero attached hydrogens (tertiary/aromatic N) is 2. The minimum atomic E-state index is -4.16. The van der Waals surface area contributed by atoms with Gasteiger partial charge in [0, 0.05) is 31.7 Å². The molecule has 1 heterocycles. The molecule has 148 valence electrons. The van der Waals surface area contributed by atoms with Crippen molar-refractivity contribution >= 4 is 15.9 Å². The highest BCUT2D eigenvalue weighted by Crippen LogP contribution is 2.25. The minimum absolute atomic E-state index is 0.0367. The number of carbonyl (C=O) groups is 1. The number of piperazine rings is 1. The van der Waals surface area contributed by atoms with Crippen molar-refractivity contribution in [3.05, 3.63) is 64.7 Å². The quantitative estimate of drug-likeness (QED) is 0.787. The molecule has 0 saturated carbocycles. The molecule has 1 aliphatic carbocycles. The maximum absolute atomic E-state index is 13.9. The van der Waals surface area contributed by atoms with Crippen LogP contribution in [0.4, 0.5) is 8.78 Å². The number of carbonyl (C=O) groups excluding carboxylic acids is 1. The zero-order chi connectivity index (χ0) is 19.9. The Morgan fingerprint density at radius 1 is 0.893 bits per heavy atom. The molecule has 0 atom stereocenters. The maximum atomic E-state index is 13.9. The van der Waals surface area contributed by atoms with Gasteiger partial charge in [-0.15, -0.1) is 0 Å². The number of hydrogen-bond donors (Lipinski definition) is 0. The van der Waals surface area contributed by atoms with E-state index in [0.29, 0.717) is 11.6 Å². The van der Waals surface area contributed by atoms with Gasteiger partial charge in [0.25, 0.3) is 5.91 Å². The SMILES string of the molecule is O=C(c1ccc2c(c1)CCC2)N1CCN(S(=O)(=O)c2cc(F)ccc2F)CC1. The summed E-state index contributed by atoms with van der Waals surface area (Å²) in [5.41, 5.74) is 3.09. The number of halogens is 2. The molecule has 4 rings (SSSR count). The van der Waals surface area contributed by atoms with E-state index >= 15 is 0 Å². The number of rotatable bonds is 3. The Morgan fingerprint density at radius 2 is 1.61 bits per heavy atom. The van der Waals surface area contributed by atoms with Gasteiger partial charge in [-0.25, -0.2) is 17.2 Å². The Balaban J connectivity index is 1.47. The van der Waals surface area contributed by atoms with Crippen molar-refractivity contribution in [3.63, 3.8) is 0 Å². The Labute approximate surface area is 162 Å². The first-order valence-corrected chi connectivity index (χ1v) is 10.7. The lowest BCUT2D eigenvalue weighted by molar-refractivity contribution is 0.0697. The van der Waals surface area contributed by atoms with Crippen LogP contribution in [0.5, 0.6) is 0 Å². The number of hydrogen-bond acceptors (Lipinski definition) is 3. The monoisotopic (exact) mass is 406 g/mol. The number of benzene rings is 2. The molecule has 0 unspecified atom stereocenters. The Bertz CT molecular complexity index is 1030. The van der Waals surface area contributed by atoms with Crippen LogP contribution in [0, 0.1) is 11.6 Å². The standard InChI is InChI=1S/C20H20F2N2O3S/c21-17-6-7-18(22)19(13-17)28(26,27)24-10-8-23(9-11-24)20(25)16-5-4-14-2-1-3-15(14)12-16/h4-7,12-13H,1-3,8-11H2. The van der Waals surface area contributed by atoms with Crippen LogP contribution < -0.4 is 0 Å². The predicted octanol–water partition coefficient (Wildman–Crippen LogP) is 2.60. The van der Waals surface area contributed by atoms with Gasteiger partial charge < -0.3 is 4.90 Å². The third-order valence-electron chi connectivity index (χ3n) is 5.38. The molecule has 0 bridgehead atoms. The topological polar surface area (TPSA) is 57.7 Å². The first-order chi connectivity index (χ1) is 13.4. The van der Waals surface area contributed by atoms with Crippen molar-refractivity contribution in [2.24, 2.45) is 0 Å². The van der Waals surface area contributed by atoms with Crippen molar-refractivity contribution in [1.29, 1.82) is 0 Å². The summed E-state index contributed by atoms with van der Waals surface area (Å²) in [5, 5.41) is 0. The van der Waals surface area contributed by atoms with Crippen LogP contribution in [0.25, 0.3) is 0 Å². The molecule has 0 spiro atoms. The zero-order valence-electron chi connectivity index (χ0n) is 15.2. The molecule has 0 radical (unpaired) electrons. The summed E-state index contributed by atoms with van der Waals surface area (Å²) in [6.07, 6.45) is 3.11. The predicted molar refractivity (Wildman–Crippen MR) is 99.5 cm³/mol. The average molecular weight is 406 g/mol. The summed E-state index contributed by atoms with van der Waals surface area (Å²) in [4.78, 5) is 13.7. The molecular weight excluding hydrogens is 386 g/mol. The molecule has 2 aromatic carbocycles. The van der Waals surface area contributed by atoms with Crippen molar-refractivity contribution in [2.45, 2.75) is 24.2 Å². The number of amides is 1. The van der Waals surface area contributed by atoms with Gasteiger partial charge in [0.15, 0.2) is 0 Å². The van der Waals surface area contributed by atoms with E-state index in [4.69, 9.17) is 0 Å². The fraction of sp³-hybridized carbons (Fsp3) is 0.350. The molecule has 5 nitrogen and oxygen atoms in total. The third kappa shape index (κ3) is 3.42. The van der Waals surface area contributed by atoms with E-state index in [0.717, 1.165) is 35.7 Å². The Hall–Kier alpha value is -2.32. The van der Waals surface area contributed by atoms with Gasteiger partial charge in [0.05, 0.1) is 0 Å². The molecule has 28 heavy (non-hydrogen) atoms. The van der Waals surface area contributed by atoms with E-state index in [-0.39, 0.29) is 32.1 Å². The Kier molecular flexibility index (Phi) is 4.93. The van der Waals surface area contributed by atoms with Crippen LogP contribution in [-0.4, -0.2) is 49.7 Å². The minimum Gasteiger partial charge on any atom is -0.336 e. The fourth-order valence-electron chi connectivity index (χ4n) is 3.83. The van der Waals surface area contributed by atoms with Crippen LogP contribution in [0.1, 0.15) is 27.9 Å². The third-order valence-corrected chi connectivity index (χ3v) is 7.30. The van der Waals surface area contributed by atoms with Crippen LogP contribution >= 0.6 is 0 Å². The van der Waals surface area contributed by atoms with E-state index < -0.39 is 26.6 Å². The highest BCUT2D eigenvalue weighted by molar-refractivity contribution is 7.89. The number of fused-ring (bicyclic) bond motifs is 1. The summed E-state index contributed by atoms with van der Waals surface area (Å²) in [6.45, 7) is 0.474. The number of sulfonamides is 1.